The molecular formula is C26H38IN5O. The average molecular weight is 564 g/mol. The normalized spacial score (nSPS) is 14.9. The molecule has 1 heterocycles. The van der Waals surface area contributed by atoms with Crippen molar-refractivity contribution in [3.8, 4) is 0 Å². The largest absolute Gasteiger partial charge is 0.356 e. The maximum absolute atomic E-state index is 11.8. The third-order valence-corrected chi connectivity index (χ3v) is 6.14. The highest BCUT2D eigenvalue weighted by Crippen LogP contribution is 2.18. The molecule has 3 N–H and O–H groups in total. The lowest BCUT2D eigenvalue weighted by Gasteiger charge is -2.32. The van der Waals surface area contributed by atoms with Gasteiger partial charge >= 0.3 is 0 Å². The summed E-state index contributed by atoms with van der Waals surface area (Å²) in [5, 5.41) is 9.55. The van der Waals surface area contributed by atoms with Crippen LogP contribution in [0.5, 0.6) is 0 Å². The van der Waals surface area contributed by atoms with Gasteiger partial charge in [-0.2, -0.15) is 0 Å². The van der Waals surface area contributed by atoms with Gasteiger partial charge in [0.2, 0.25) is 0 Å². The Kier molecular flexibility index (Phi) is 11.7. The molecule has 2 aromatic carbocycles. The van der Waals surface area contributed by atoms with E-state index in [9.17, 15) is 4.79 Å². The molecular weight excluding hydrogens is 525 g/mol. The van der Waals surface area contributed by atoms with Crippen LogP contribution in [0.3, 0.4) is 0 Å². The van der Waals surface area contributed by atoms with Gasteiger partial charge in [0.15, 0.2) is 5.96 Å². The minimum absolute atomic E-state index is 0. The number of likely N-dealkylation sites (tertiary alicyclic amines) is 1. The van der Waals surface area contributed by atoms with E-state index in [-0.39, 0.29) is 29.9 Å². The Hall–Kier alpha value is -2.13. The highest BCUT2D eigenvalue weighted by Gasteiger charge is 2.19. The van der Waals surface area contributed by atoms with Gasteiger partial charge in [-0.15, -0.1) is 24.0 Å². The lowest BCUT2D eigenvalue weighted by Crippen LogP contribution is -2.43. The van der Waals surface area contributed by atoms with Crippen LogP contribution >= 0.6 is 24.0 Å². The van der Waals surface area contributed by atoms with Crippen molar-refractivity contribution in [1.82, 2.24) is 20.9 Å². The minimum Gasteiger partial charge on any atom is -0.356 e. The van der Waals surface area contributed by atoms with Crippen LogP contribution in [0.4, 0.5) is 0 Å². The summed E-state index contributed by atoms with van der Waals surface area (Å²) < 4.78 is 0. The van der Waals surface area contributed by atoms with Crippen LogP contribution in [0.1, 0.15) is 39.9 Å². The smallest absolute Gasteiger partial charge is 0.251 e. The summed E-state index contributed by atoms with van der Waals surface area (Å²) in [6, 6.07) is 16.6. The van der Waals surface area contributed by atoms with E-state index < -0.39 is 0 Å². The minimum atomic E-state index is -0.0535. The summed E-state index contributed by atoms with van der Waals surface area (Å²) in [7, 11) is 3.46. The monoisotopic (exact) mass is 563 g/mol. The Morgan fingerprint density at radius 2 is 1.79 bits per heavy atom. The second kappa shape index (κ2) is 14.2. The summed E-state index contributed by atoms with van der Waals surface area (Å²) >= 11 is 0. The third kappa shape index (κ3) is 8.97. The van der Waals surface area contributed by atoms with Gasteiger partial charge in [-0.25, -0.2) is 0 Å². The molecule has 1 amide bonds. The number of nitrogens with one attached hydrogen (secondary N) is 3. The maximum atomic E-state index is 11.8. The van der Waals surface area contributed by atoms with Gasteiger partial charge in [-0.05, 0) is 68.5 Å². The van der Waals surface area contributed by atoms with Gasteiger partial charge in [-0.3, -0.25) is 14.7 Å². The molecule has 33 heavy (non-hydrogen) atoms. The van der Waals surface area contributed by atoms with Crippen molar-refractivity contribution in [3.05, 3.63) is 70.8 Å². The molecule has 1 saturated heterocycles. The van der Waals surface area contributed by atoms with Gasteiger partial charge in [-0.1, -0.05) is 42.0 Å². The Morgan fingerprint density at radius 3 is 2.45 bits per heavy atom. The van der Waals surface area contributed by atoms with E-state index in [2.05, 4.69) is 63.1 Å². The molecule has 0 atom stereocenters. The first-order valence-corrected chi connectivity index (χ1v) is 11.6. The summed E-state index contributed by atoms with van der Waals surface area (Å²) in [5.74, 6) is 1.46. The molecule has 0 unspecified atom stereocenters. The Morgan fingerprint density at radius 1 is 1.06 bits per heavy atom. The number of piperidine rings is 1. The fourth-order valence-corrected chi connectivity index (χ4v) is 4.10. The molecule has 0 spiro atoms. The second-order valence-corrected chi connectivity index (χ2v) is 8.61. The number of aryl methyl sites for hydroxylation is 1. The van der Waals surface area contributed by atoms with Crippen LogP contribution < -0.4 is 16.0 Å². The topological polar surface area (TPSA) is 68.8 Å². The number of hydrogen-bond donors (Lipinski definition) is 3. The zero-order valence-corrected chi connectivity index (χ0v) is 22.4. The van der Waals surface area contributed by atoms with E-state index in [0.29, 0.717) is 11.5 Å². The van der Waals surface area contributed by atoms with Gasteiger partial charge in [0, 0.05) is 39.3 Å². The van der Waals surface area contributed by atoms with Crippen molar-refractivity contribution in [2.45, 2.75) is 32.7 Å². The number of hydrogen-bond acceptors (Lipinski definition) is 3. The number of halogens is 1. The Labute approximate surface area is 215 Å². The predicted octanol–water partition coefficient (Wildman–Crippen LogP) is 3.59. The molecule has 6 nitrogen and oxygen atoms in total. The number of nitrogens with zero attached hydrogens (tertiary/aromatic N) is 2. The molecule has 0 radical (unpaired) electrons. The number of guanidine groups is 1. The van der Waals surface area contributed by atoms with Gasteiger partial charge in [0.25, 0.3) is 5.91 Å². The number of amides is 1. The third-order valence-electron chi connectivity index (χ3n) is 6.14. The van der Waals surface area contributed by atoms with Crippen molar-refractivity contribution in [3.63, 3.8) is 0 Å². The summed E-state index contributed by atoms with van der Waals surface area (Å²) in [6.07, 6.45) is 3.26. The fraction of sp³-hybridized carbons (Fsp3) is 0.462. The average Bonchev–Trinajstić information content (AvgIpc) is 2.83. The van der Waals surface area contributed by atoms with E-state index in [1.165, 1.54) is 24.0 Å². The molecule has 1 aliphatic rings. The number of benzene rings is 2. The first-order chi connectivity index (χ1) is 15.6. The molecule has 0 aromatic heterocycles. The lowest BCUT2D eigenvalue weighted by molar-refractivity contribution is 0.0963. The van der Waals surface area contributed by atoms with E-state index in [1.807, 2.05) is 25.2 Å². The fourth-order valence-electron chi connectivity index (χ4n) is 4.10. The van der Waals surface area contributed by atoms with Crippen molar-refractivity contribution in [2.24, 2.45) is 10.9 Å². The van der Waals surface area contributed by atoms with Crippen LogP contribution in [0.2, 0.25) is 0 Å². The highest BCUT2D eigenvalue weighted by molar-refractivity contribution is 14.0. The zero-order chi connectivity index (χ0) is 22.8. The number of aliphatic imine (C=N–C) groups is 1. The first-order valence-electron chi connectivity index (χ1n) is 11.6. The van der Waals surface area contributed by atoms with Crippen LogP contribution in [0.25, 0.3) is 0 Å². The molecule has 0 bridgehead atoms. The lowest BCUT2D eigenvalue weighted by atomic mass is 9.96. The van der Waals surface area contributed by atoms with Crippen molar-refractivity contribution in [1.29, 1.82) is 0 Å². The highest BCUT2D eigenvalue weighted by atomic mass is 127. The predicted molar refractivity (Wildman–Crippen MR) is 147 cm³/mol. The van der Waals surface area contributed by atoms with Crippen molar-refractivity contribution >= 4 is 35.8 Å². The first kappa shape index (κ1) is 27.1. The molecule has 180 valence electrons. The molecule has 2 aromatic rings. The zero-order valence-electron chi connectivity index (χ0n) is 20.1. The van der Waals surface area contributed by atoms with Crippen molar-refractivity contribution in [2.75, 3.05) is 40.3 Å². The van der Waals surface area contributed by atoms with E-state index in [1.54, 1.807) is 7.05 Å². The standard InChI is InChI=1S/C26H37N5O.HI/c1-20-7-9-23(10-8-20)19-31-15-12-22(13-16-31)18-30-26(28-3)29-14-11-21-5-4-6-24(17-21)25(32)27-2;/h4-10,17,22H,11-16,18-19H2,1-3H3,(H,27,32)(H2,28,29,30);1H. The maximum Gasteiger partial charge on any atom is 0.251 e. The van der Waals surface area contributed by atoms with E-state index >= 15 is 0 Å². The summed E-state index contributed by atoms with van der Waals surface area (Å²) in [4.78, 5) is 18.7. The number of carbonyl (C=O) groups is 1. The van der Waals surface area contributed by atoms with E-state index in [4.69, 9.17) is 0 Å². The van der Waals surface area contributed by atoms with Gasteiger partial charge < -0.3 is 16.0 Å². The van der Waals surface area contributed by atoms with Gasteiger partial charge in [0.05, 0.1) is 0 Å². The van der Waals surface area contributed by atoms with Crippen LogP contribution in [0.15, 0.2) is 53.5 Å². The van der Waals surface area contributed by atoms with Crippen molar-refractivity contribution < 1.29 is 4.79 Å². The second-order valence-electron chi connectivity index (χ2n) is 8.61. The Balaban J connectivity index is 0.00000385. The van der Waals surface area contributed by atoms with Crippen LogP contribution in [-0.2, 0) is 13.0 Å². The molecule has 0 aliphatic carbocycles. The van der Waals surface area contributed by atoms with Crippen LogP contribution in [0, 0.1) is 12.8 Å². The number of carbonyl (C=O) groups excluding carboxylic acids is 1. The molecule has 1 fully saturated rings. The van der Waals surface area contributed by atoms with Gasteiger partial charge in [0.1, 0.15) is 0 Å². The quantitative estimate of drug-likeness (QED) is 0.261. The van der Waals surface area contributed by atoms with Crippen LogP contribution in [-0.4, -0.2) is 57.0 Å². The Bertz CT molecular complexity index is 892. The summed E-state index contributed by atoms with van der Waals surface area (Å²) in [6.45, 7) is 7.19. The molecule has 1 aliphatic heterocycles. The SMILES string of the molecule is CN=C(NCCc1cccc(C(=O)NC)c1)NCC1CCN(Cc2ccc(C)cc2)CC1.I. The van der Waals surface area contributed by atoms with E-state index in [0.717, 1.165) is 50.7 Å². The summed E-state index contributed by atoms with van der Waals surface area (Å²) in [5.41, 5.74) is 4.55. The number of rotatable bonds is 8. The molecule has 3 rings (SSSR count). The molecule has 0 saturated carbocycles. The molecule has 7 heteroatoms.